The topological polar surface area (TPSA) is 67.5 Å². The predicted molar refractivity (Wildman–Crippen MR) is 75.1 cm³/mol. The zero-order chi connectivity index (χ0) is 14.2. The highest BCUT2D eigenvalue weighted by Gasteiger charge is 2.05. The van der Waals surface area contributed by atoms with Gasteiger partial charge in [0.15, 0.2) is 0 Å². The number of hydrogen-bond donors (Lipinski definition) is 2. The van der Waals surface area contributed by atoms with Crippen molar-refractivity contribution in [3.63, 3.8) is 0 Å². The van der Waals surface area contributed by atoms with Crippen molar-refractivity contribution in [2.24, 2.45) is 0 Å². The fourth-order valence-electron chi connectivity index (χ4n) is 1.81. The van der Waals surface area contributed by atoms with Crippen molar-refractivity contribution in [3.05, 3.63) is 53.4 Å². The van der Waals surface area contributed by atoms with Crippen molar-refractivity contribution in [1.29, 1.82) is 0 Å². The van der Waals surface area contributed by atoms with Gasteiger partial charge in [0.25, 0.3) is 0 Å². The highest BCUT2D eigenvalue weighted by molar-refractivity contribution is 5.13. The number of aliphatic hydroxyl groups excluding tert-OH is 1. The Hall–Kier alpha value is -1.69. The molecule has 0 spiro atoms. The third kappa shape index (κ3) is 5.13. The van der Waals surface area contributed by atoms with Crippen LogP contribution in [0.3, 0.4) is 0 Å². The molecule has 1 heterocycles. The number of rotatable bonds is 8. The Balaban J connectivity index is 1.57. The summed E-state index contributed by atoms with van der Waals surface area (Å²) < 4.78 is 10.4. The molecular weight excluding hydrogens is 256 g/mol. The van der Waals surface area contributed by atoms with Gasteiger partial charge in [0.1, 0.15) is 5.76 Å². The third-order valence-corrected chi connectivity index (χ3v) is 2.78. The van der Waals surface area contributed by atoms with Crippen molar-refractivity contribution < 1.29 is 14.4 Å². The standard InChI is InChI=1S/C15H20N2O3/c1-12-7-14(17-20-12)8-16-9-15(18)11-19-10-13-5-3-2-4-6-13/h2-7,15-16,18H,8-11H2,1H3. The minimum Gasteiger partial charge on any atom is -0.389 e. The first-order valence-electron chi connectivity index (χ1n) is 6.66. The van der Waals surface area contributed by atoms with Crippen LogP contribution in [-0.2, 0) is 17.9 Å². The van der Waals surface area contributed by atoms with E-state index in [0.29, 0.717) is 26.3 Å². The molecule has 108 valence electrons. The van der Waals surface area contributed by atoms with E-state index < -0.39 is 6.10 Å². The number of aliphatic hydroxyl groups is 1. The molecule has 1 aromatic heterocycles. The van der Waals surface area contributed by atoms with Crippen molar-refractivity contribution >= 4 is 0 Å². The van der Waals surface area contributed by atoms with E-state index >= 15 is 0 Å². The van der Waals surface area contributed by atoms with E-state index in [-0.39, 0.29) is 0 Å². The van der Waals surface area contributed by atoms with Crippen molar-refractivity contribution in [2.45, 2.75) is 26.2 Å². The molecule has 0 aliphatic rings. The van der Waals surface area contributed by atoms with E-state index in [1.165, 1.54) is 0 Å². The number of aromatic nitrogens is 1. The quantitative estimate of drug-likeness (QED) is 0.767. The number of benzene rings is 1. The lowest BCUT2D eigenvalue weighted by molar-refractivity contribution is 0.0287. The maximum Gasteiger partial charge on any atom is 0.133 e. The van der Waals surface area contributed by atoms with Crippen LogP contribution >= 0.6 is 0 Å². The average molecular weight is 276 g/mol. The number of nitrogens with one attached hydrogen (secondary N) is 1. The molecule has 0 amide bonds. The lowest BCUT2D eigenvalue weighted by Crippen LogP contribution is -2.30. The highest BCUT2D eigenvalue weighted by Crippen LogP contribution is 2.02. The van der Waals surface area contributed by atoms with Crippen molar-refractivity contribution in [3.8, 4) is 0 Å². The molecule has 0 radical (unpaired) electrons. The first kappa shape index (κ1) is 14.7. The van der Waals surface area contributed by atoms with Gasteiger partial charge in [-0.2, -0.15) is 0 Å². The second-order valence-electron chi connectivity index (χ2n) is 4.71. The molecule has 5 nitrogen and oxygen atoms in total. The Bertz CT molecular complexity index is 499. The molecule has 0 fully saturated rings. The minimum atomic E-state index is -0.535. The van der Waals surface area contributed by atoms with E-state index in [9.17, 15) is 5.11 Å². The van der Waals surface area contributed by atoms with Gasteiger partial charge in [-0.1, -0.05) is 35.5 Å². The fraction of sp³-hybridized carbons (Fsp3) is 0.400. The Morgan fingerprint density at radius 1 is 1.35 bits per heavy atom. The number of nitrogens with zero attached hydrogens (tertiary/aromatic N) is 1. The van der Waals surface area contributed by atoms with Crippen molar-refractivity contribution in [1.82, 2.24) is 10.5 Å². The van der Waals surface area contributed by atoms with Crippen molar-refractivity contribution in [2.75, 3.05) is 13.2 Å². The monoisotopic (exact) mass is 276 g/mol. The van der Waals surface area contributed by atoms with Crippen LogP contribution < -0.4 is 5.32 Å². The summed E-state index contributed by atoms with van der Waals surface area (Å²) in [7, 11) is 0. The smallest absolute Gasteiger partial charge is 0.133 e. The van der Waals surface area contributed by atoms with Crippen LogP contribution in [0, 0.1) is 6.92 Å². The molecule has 2 rings (SSSR count). The summed E-state index contributed by atoms with van der Waals surface area (Å²) >= 11 is 0. The van der Waals surface area contributed by atoms with Gasteiger partial charge in [0.05, 0.1) is 25.0 Å². The molecule has 2 N–H and O–H groups in total. The summed E-state index contributed by atoms with van der Waals surface area (Å²) in [5.41, 5.74) is 1.94. The largest absolute Gasteiger partial charge is 0.389 e. The van der Waals surface area contributed by atoms with Crippen LogP contribution in [-0.4, -0.2) is 29.5 Å². The van der Waals surface area contributed by atoms with Crippen LogP contribution in [0.4, 0.5) is 0 Å². The molecule has 1 atom stereocenters. The van der Waals surface area contributed by atoms with E-state index in [1.807, 2.05) is 43.3 Å². The minimum absolute atomic E-state index is 0.305. The van der Waals surface area contributed by atoms with Gasteiger partial charge in [-0.15, -0.1) is 0 Å². The van der Waals surface area contributed by atoms with Gasteiger partial charge in [0, 0.05) is 19.2 Å². The number of aryl methyl sites for hydroxylation is 1. The summed E-state index contributed by atoms with van der Waals surface area (Å²) in [6, 6.07) is 11.8. The van der Waals surface area contributed by atoms with Crippen LogP contribution in [0.5, 0.6) is 0 Å². The molecule has 1 aromatic carbocycles. The zero-order valence-corrected chi connectivity index (χ0v) is 11.6. The molecule has 0 aliphatic carbocycles. The Morgan fingerprint density at radius 2 is 2.15 bits per heavy atom. The second kappa shape index (κ2) is 7.79. The normalized spacial score (nSPS) is 12.5. The SMILES string of the molecule is Cc1cc(CNCC(O)COCc2ccccc2)no1. The molecule has 0 aliphatic heterocycles. The molecule has 0 saturated heterocycles. The maximum atomic E-state index is 9.78. The zero-order valence-electron chi connectivity index (χ0n) is 11.6. The van der Waals surface area contributed by atoms with Crippen LogP contribution in [0.25, 0.3) is 0 Å². The molecular formula is C15H20N2O3. The summed E-state index contributed by atoms with van der Waals surface area (Å²) in [4.78, 5) is 0. The lowest BCUT2D eigenvalue weighted by Gasteiger charge is -2.11. The average Bonchev–Trinajstić information content (AvgIpc) is 2.86. The van der Waals surface area contributed by atoms with Gasteiger partial charge in [-0.05, 0) is 12.5 Å². The molecule has 20 heavy (non-hydrogen) atoms. The Labute approximate surface area is 118 Å². The van der Waals surface area contributed by atoms with E-state index in [4.69, 9.17) is 9.26 Å². The number of hydrogen-bond acceptors (Lipinski definition) is 5. The molecule has 0 saturated carbocycles. The fourth-order valence-corrected chi connectivity index (χ4v) is 1.81. The van der Waals surface area contributed by atoms with Gasteiger partial charge in [-0.3, -0.25) is 0 Å². The number of ether oxygens (including phenoxy) is 1. The van der Waals surface area contributed by atoms with Gasteiger partial charge >= 0.3 is 0 Å². The summed E-state index contributed by atoms with van der Waals surface area (Å²) in [6.45, 7) is 3.71. The second-order valence-corrected chi connectivity index (χ2v) is 4.71. The summed E-state index contributed by atoms with van der Waals surface area (Å²) in [5, 5.41) is 16.8. The Morgan fingerprint density at radius 3 is 2.85 bits per heavy atom. The predicted octanol–water partition coefficient (Wildman–Crippen LogP) is 1.65. The molecule has 2 aromatic rings. The van der Waals surface area contributed by atoms with Gasteiger partial charge in [-0.25, -0.2) is 0 Å². The van der Waals surface area contributed by atoms with E-state index in [0.717, 1.165) is 17.0 Å². The van der Waals surface area contributed by atoms with Gasteiger partial charge < -0.3 is 19.7 Å². The highest BCUT2D eigenvalue weighted by atomic mass is 16.5. The molecule has 1 unspecified atom stereocenters. The van der Waals surface area contributed by atoms with Crippen LogP contribution in [0.15, 0.2) is 40.9 Å². The van der Waals surface area contributed by atoms with Gasteiger partial charge in [0.2, 0.25) is 0 Å². The Kier molecular flexibility index (Phi) is 5.73. The van der Waals surface area contributed by atoms with E-state index in [1.54, 1.807) is 0 Å². The first-order chi connectivity index (χ1) is 9.74. The molecule has 5 heteroatoms. The summed E-state index contributed by atoms with van der Waals surface area (Å²) in [5.74, 6) is 0.786. The third-order valence-electron chi connectivity index (χ3n) is 2.78. The van der Waals surface area contributed by atoms with Crippen LogP contribution in [0.1, 0.15) is 17.0 Å². The summed E-state index contributed by atoms with van der Waals surface area (Å²) in [6.07, 6.45) is -0.535. The maximum absolute atomic E-state index is 9.78. The van der Waals surface area contributed by atoms with E-state index in [2.05, 4.69) is 10.5 Å². The lowest BCUT2D eigenvalue weighted by atomic mass is 10.2. The van der Waals surface area contributed by atoms with Crippen LogP contribution in [0.2, 0.25) is 0 Å². The molecule has 0 bridgehead atoms. The first-order valence-corrected chi connectivity index (χ1v) is 6.66.